The number of amides is 1. The normalized spacial score (nSPS) is 10.7. The van der Waals surface area contributed by atoms with E-state index < -0.39 is 5.91 Å². The van der Waals surface area contributed by atoms with Crippen LogP contribution >= 0.6 is 12.2 Å². The minimum Gasteiger partial charge on any atom is -0.497 e. The van der Waals surface area contributed by atoms with Crippen LogP contribution in [0.25, 0.3) is 22.6 Å². The number of oxazole rings is 1. The standard InChI is InChI=1S/C25H23N3O4S/c1-14-10-15(2)22-20(11-14)27-24(32-22)16-6-5-7-17(12-16)26-25(33)28-23(29)19-9-8-18(30-3)13-21(19)31-4/h5-13H,1-4H3,(H2,26,28,29,33). The summed E-state index contributed by atoms with van der Waals surface area (Å²) >= 11 is 5.34. The molecule has 3 aromatic carbocycles. The minimum absolute atomic E-state index is 0.152. The molecule has 1 amide bonds. The number of nitrogens with one attached hydrogen (secondary N) is 2. The van der Waals surface area contributed by atoms with Gasteiger partial charge in [-0.15, -0.1) is 0 Å². The molecule has 8 heteroatoms. The second-order valence-corrected chi connectivity index (χ2v) is 7.91. The highest BCUT2D eigenvalue weighted by Crippen LogP contribution is 2.29. The summed E-state index contributed by atoms with van der Waals surface area (Å²) in [4.78, 5) is 17.3. The fourth-order valence-corrected chi connectivity index (χ4v) is 3.76. The van der Waals surface area contributed by atoms with Gasteiger partial charge in [0.05, 0.1) is 19.8 Å². The Hall–Kier alpha value is -3.91. The van der Waals surface area contributed by atoms with Gasteiger partial charge in [-0.3, -0.25) is 10.1 Å². The first-order chi connectivity index (χ1) is 15.9. The fourth-order valence-electron chi connectivity index (χ4n) is 3.55. The lowest BCUT2D eigenvalue weighted by molar-refractivity contribution is 0.0974. The molecule has 4 rings (SSSR count). The Morgan fingerprint density at radius 3 is 2.61 bits per heavy atom. The quantitative estimate of drug-likeness (QED) is 0.392. The van der Waals surface area contributed by atoms with Crippen molar-refractivity contribution in [3.05, 3.63) is 71.3 Å². The zero-order valence-corrected chi connectivity index (χ0v) is 19.5. The van der Waals surface area contributed by atoms with Gasteiger partial charge in [0.2, 0.25) is 5.89 Å². The van der Waals surface area contributed by atoms with Crippen molar-refractivity contribution in [3.8, 4) is 23.0 Å². The van der Waals surface area contributed by atoms with Crippen molar-refractivity contribution in [1.29, 1.82) is 0 Å². The average Bonchev–Trinajstić information content (AvgIpc) is 3.23. The summed E-state index contributed by atoms with van der Waals surface area (Å²) in [7, 11) is 3.03. The largest absolute Gasteiger partial charge is 0.497 e. The number of rotatable bonds is 5. The number of ether oxygens (including phenoxy) is 2. The summed E-state index contributed by atoms with van der Waals surface area (Å²) in [5.41, 5.74) is 5.57. The van der Waals surface area contributed by atoms with E-state index in [1.165, 1.54) is 7.11 Å². The molecule has 7 nitrogen and oxygen atoms in total. The van der Waals surface area contributed by atoms with Crippen LogP contribution in [0.2, 0.25) is 0 Å². The van der Waals surface area contributed by atoms with E-state index in [1.54, 1.807) is 25.3 Å². The second kappa shape index (κ2) is 9.30. The van der Waals surface area contributed by atoms with Crippen LogP contribution in [0, 0.1) is 13.8 Å². The molecular formula is C25H23N3O4S. The number of aromatic nitrogens is 1. The van der Waals surface area contributed by atoms with Gasteiger partial charge in [-0.25, -0.2) is 4.98 Å². The first-order valence-corrected chi connectivity index (χ1v) is 10.6. The lowest BCUT2D eigenvalue weighted by Crippen LogP contribution is -2.34. The number of carbonyl (C=O) groups excluding carboxylic acids is 1. The van der Waals surface area contributed by atoms with E-state index in [2.05, 4.69) is 21.7 Å². The third-order valence-electron chi connectivity index (χ3n) is 5.07. The summed E-state index contributed by atoms with van der Waals surface area (Å²) in [6, 6.07) is 16.5. The molecule has 0 bridgehead atoms. The Morgan fingerprint density at radius 1 is 1.03 bits per heavy atom. The van der Waals surface area contributed by atoms with Crippen LogP contribution in [-0.2, 0) is 0 Å². The Labute approximate surface area is 196 Å². The van der Waals surface area contributed by atoms with Crippen molar-refractivity contribution in [1.82, 2.24) is 10.3 Å². The monoisotopic (exact) mass is 461 g/mol. The van der Waals surface area contributed by atoms with Crippen molar-refractivity contribution < 1.29 is 18.7 Å². The molecule has 0 unspecified atom stereocenters. The van der Waals surface area contributed by atoms with Crippen LogP contribution in [0.3, 0.4) is 0 Å². The Balaban J connectivity index is 1.50. The summed E-state index contributed by atoms with van der Waals surface area (Å²) in [6.07, 6.45) is 0. The van der Waals surface area contributed by atoms with Gasteiger partial charge in [-0.05, 0) is 73.6 Å². The lowest BCUT2D eigenvalue weighted by Gasteiger charge is -2.13. The van der Waals surface area contributed by atoms with E-state index in [0.717, 1.165) is 27.8 Å². The van der Waals surface area contributed by atoms with Gasteiger partial charge < -0.3 is 19.2 Å². The van der Waals surface area contributed by atoms with Gasteiger partial charge in [0.25, 0.3) is 5.91 Å². The predicted octanol–water partition coefficient (Wildman–Crippen LogP) is 5.26. The molecular weight excluding hydrogens is 438 g/mol. The molecule has 33 heavy (non-hydrogen) atoms. The zero-order chi connectivity index (χ0) is 23.5. The minimum atomic E-state index is -0.395. The number of fused-ring (bicyclic) bond motifs is 1. The van der Waals surface area contributed by atoms with Crippen LogP contribution in [0.15, 0.2) is 59.0 Å². The number of methoxy groups -OCH3 is 2. The van der Waals surface area contributed by atoms with Gasteiger partial charge in [-0.2, -0.15) is 0 Å². The zero-order valence-electron chi connectivity index (χ0n) is 18.7. The molecule has 0 aliphatic carbocycles. The van der Waals surface area contributed by atoms with Crippen LogP contribution < -0.4 is 20.1 Å². The molecule has 0 fully saturated rings. The molecule has 0 aliphatic rings. The molecule has 1 heterocycles. The highest BCUT2D eigenvalue weighted by molar-refractivity contribution is 7.80. The number of thiocarbonyl (C=S) groups is 1. The highest BCUT2D eigenvalue weighted by Gasteiger charge is 2.15. The van der Waals surface area contributed by atoms with E-state index in [4.69, 9.17) is 26.1 Å². The first kappa shape index (κ1) is 22.3. The Kier molecular flexibility index (Phi) is 6.28. The van der Waals surface area contributed by atoms with Gasteiger partial charge in [-0.1, -0.05) is 12.1 Å². The molecule has 0 saturated heterocycles. The number of aryl methyl sites for hydroxylation is 2. The number of hydrogen-bond donors (Lipinski definition) is 2. The Morgan fingerprint density at radius 2 is 1.85 bits per heavy atom. The molecule has 168 valence electrons. The molecule has 0 atom stereocenters. The number of carbonyl (C=O) groups is 1. The molecule has 1 aromatic heterocycles. The number of anilines is 1. The summed E-state index contributed by atoms with van der Waals surface area (Å²) in [5, 5.41) is 5.86. The molecule has 0 radical (unpaired) electrons. The molecule has 2 N–H and O–H groups in total. The Bertz CT molecular complexity index is 1360. The third kappa shape index (κ3) is 4.80. The summed E-state index contributed by atoms with van der Waals surface area (Å²) < 4.78 is 16.5. The molecule has 0 aliphatic heterocycles. The van der Waals surface area contributed by atoms with Crippen LogP contribution in [0.5, 0.6) is 11.5 Å². The summed E-state index contributed by atoms with van der Waals surface area (Å²) in [6.45, 7) is 4.03. The van der Waals surface area contributed by atoms with E-state index in [9.17, 15) is 4.79 Å². The van der Waals surface area contributed by atoms with E-state index >= 15 is 0 Å². The van der Waals surface area contributed by atoms with Gasteiger partial charge >= 0.3 is 0 Å². The van der Waals surface area contributed by atoms with Crippen molar-refractivity contribution in [2.45, 2.75) is 13.8 Å². The maximum absolute atomic E-state index is 12.7. The van der Waals surface area contributed by atoms with Crippen LogP contribution in [-0.4, -0.2) is 30.2 Å². The maximum atomic E-state index is 12.7. The van der Waals surface area contributed by atoms with Gasteiger partial charge in [0.15, 0.2) is 10.7 Å². The average molecular weight is 462 g/mol. The van der Waals surface area contributed by atoms with Gasteiger partial charge in [0, 0.05) is 17.3 Å². The molecule has 4 aromatic rings. The smallest absolute Gasteiger partial charge is 0.261 e. The number of benzene rings is 3. The number of nitrogens with zero attached hydrogens (tertiary/aromatic N) is 1. The number of hydrogen-bond acceptors (Lipinski definition) is 6. The van der Waals surface area contributed by atoms with Crippen molar-refractivity contribution in [2.75, 3.05) is 19.5 Å². The predicted molar refractivity (Wildman–Crippen MR) is 132 cm³/mol. The van der Waals surface area contributed by atoms with E-state index in [-0.39, 0.29) is 5.11 Å². The third-order valence-corrected chi connectivity index (χ3v) is 5.27. The van der Waals surface area contributed by atoms with Crippen LogP contribution in [0.1, 0.15) is 21.5 Å². The second-order valence-electron chi connectivity index (χ2n) is 7.50. The van der Waals surface area contributed by atoms with Crippen molar-refractivity contribution >= 4 is 40.0 Å². The van der Waals surface area contributed by atoms with E-state index in [1.807, 2.05) is 44.2 Å². The fraction of sp³-hybridized carbons (Fsp3) is 0.160. The van der Waals surface area contributed by atoms with E-state index in [0.29, 0.717) is 28.6 Å². The maximum Gasteiger partial charge on any atom is 0.261 e. The van der Waals surface area contributed by atoms with Crippen LogP contribution in [0.4, 0.5) is 5.69 Å². The van der Waals surface area contributed by atoms with Gasteiger partial charge in [0.1, 0.15) is 17.0 Å². The van der Waals surface area contributed by atoms with Crippen molar-refractivity contribution in [2.24, 2.45) is 0 Å². The lowest BCUT2D eigenvalue weighted by atomic mass is 10.1. The molecule has 0 saturated carbocycles. The highest BCUT2D eigenvalue weighted by atomic mass is 32.1. The molecule has 0 spiro atoms. The SMILES string of the molecule is COc1ccc(C(=O)NC(=S)Nc2cccc(-c3nc4cc(C)cc(C)c4o3)c2)c(OC)c1. The first-order valence-electron chi connectivity index (χ1n) is 10.2. The topological polar surface area (TPSA) is 85.6 Å². The van der Waals surface area contributed by atoms with Crippen molar-refractivity contribution in [3.63, 3.8) is 0 Å². The summed E-state index contributed by atoms with van der Waals surface area (Å²) in [5.74, 6) is 1.09.